The smallest absolute Gasteiger partial charge is 0.324 e. The Hall–Kier alpha value is -2.56. The number of nitrogens with zero attached hydrogens (tertiary/aromatic N) is 1. The van der Waals surface area contributed by atoms with Gasteiger partial charge in [-0.15, -0.1) is 6.58 Å². The van der Waals surface area contributed by atoms with Crippen molar-refractivity contribution >= 4 is 22.8 Å². The number of carbonyl (C=O) groups excluding carboxylic acids is 2. The van der Waals surface area contributed by atoms with Gasteiger partial charge < -0.3 is 14.0 Å². The Morgan fingerprint density at radius 1 is 1.07 bits per heavy atom. The first-order chi connectivity index (χ1) is 13.8. The molecular formula is C25H33NO4. The highest BCUT2D eigenvalue weighted by molar-refractivity contribution is 6.02. The summed E-state index contributed by atoms with van der Waals surface area (Å²) < 4.78 is 13.6. The van der Waals surface area contributed by atoms with Gasteiger partial charge in [-0.05, 0) is 59.6 Å². The van der Waals surface area contributed by atoms with Crippen molar-refractivity contribution in [1.29, 1.82) is 0 Å². The van der Waals surface area contributed by atoms with Gasteiger partial charge in [-0.3, -0.25) is 9.59 Å². The Kier molecular flexibility index (Phi) is 5.38. The van der Waals surface area contributed by atoms with Gasteiger partial charge in [-0.1, -0.05) is 24.3 Å². The minimum Gasteiger partial charge on any atom is -0.459 e. The van der Waals surface area contributed by atoms with E-state index < -0.39 is 28.6 Å². The molecule has 3 rings (SSSR count). The Balaban J connectivity index is 2.20. The molecule has 0 saturated carbocycles. The number of para-hydroxylation sites is 1. The highest BCUT2D eigenvalue weighted by atomic mass is 16.6. The molecule has 30 heavy (non-hydrogen) atoms. The van der Waals surface area contributed by atoms with Crippen LogP contribution in [0.25, 0.3) is 10.9 Å². The largest absolute Gasteiger partial charge is 0.459 e. The molecule has 162 valence electrons. The van der Waals surface area contributed by atoms with Crippen LogP contribution in [-0.4, -0.2) is 27.7 Å². The molecule has 2 aromatic rings. The van der Waals surface area contributed by atoms with Crippen LogP contribution >= 0.6 is 0 Å². The maximum atomic E-state index is 13.5. The van der Waals surface area contributed by atoms with Gasteiger partial charge in [-0.25, -0.2) is 0 Å². The van der Waals surface area contributed by atoms with Crippen LogP contribution in [0.5, 0.6) is 0 Å². The van der Waals surface area contributed by atoms with E-state index in [0.29, 0.717) is 0 Å². The number of benzene rings is 1. The Bertz CT molecular complexity index is 973. The van der Waals surface area contributed by atoms with Gasteiger partial charge >= 0.3 is 11.9 Å². The van der Waals surface area contributed by atoms with Gasteiger partial charge in [0.1, 0.15) is 11.2 Å². The first kappa shape index (κ1) is 22.1. The van der Waals surface area contributed by atoms with Crippen LogP contribution in [0.1, 0.15) is 65.1 Å². The van der Waals surface area contributed by atoms with Crippen molar-refractivity contribution in [2.24, 2.45) is 12.5 Å². The SMILES string of the molecule is C=C[C@@H]1CC(C(=O)OC(C)(C)C)(C(=O)OC(C)(C)C)Cc2c1c1ccccc1n2C. The third-order valence-electron chi connectivity index (χ3n) is 5.54. The number of carbonyl (C=O) groups is 2. The lowest BCUT2D eigenvalue weighted by atomic mass is 9.68. The minimum atomic E-state index is -1.42. The highest BCUT2D eigenvalue weighted by Gasteiger charge is 2.55. The van der Waals surface area contributed by atoms with Gasteiger partial charge in [0, 0.05) is 36.0 Å². The number of aryl methyl sites for hydroxylation is 1. The van der Waals surface area contributed by atoms with Crippen molar-refractivity contribution in [2.75, 3.05) is 0 Å². The number of esters is 2. The van der Waals surface area contributed by atoms with Crippen LogP contribution in [0.15, 0.2) is 36.9 Å². The number of allylic oxidation sites excluding steroid dienone is 1. The topological polar surface area (TPSA) is 57.5 Å². The Labute approximate surface area is 179 Å². The number of hydrogen-bond donors (Lipinski definition) is 0. The summed E-state index contributed by atoms with van der Waals surface area (Å²) in [4.78, 5) is 27.0. The van der Waals surface area contributed by atoms with E-state index in [2.05, 4.69) is 23.3 Å². The van der Waals surface area contributed by atoms with Gasteiger partial charge in [0.05, 0.1) is 0 Å². The molecule has 1 heterocycles. The number of aromatic nitrogens is 1. The maximum absolute atomic E-state index is 13.5. The number of ether oxygens (including phenoxy) is 2. The van der Waals surface area contributed by atoms with Crippen LogP contribution in [0.4, 0.5) is 0 Å². The zero-order valence-corrected chi connectivity index (χ0v) is 19.2. The molecule has 1 atom stereocenters. The second-order valence-electron chi connectivity index (χ2n) is 10.2. The van der Waals surface area contributed by atoms with Crippen molar-refractivity contribution in [3.8, 4) is 0 Å². The van der Waals surface area contributed by atoms with E-state index in [1.807, 2.05) is 66.8 Å². The van der Waals surface area contributed by atoms with Crippen molar-refractivity contribution in [3.05, 3.63) is 48.2 Å². The Morgan fingerprint density at radius 2 is 1.60 bits per heavy atom. The second kappa shape index (κ2) is 7.29. The molecule has 1 aromatic heterocycles. The van der Waals surface area contributed by atoms with E-state index in [1.54, 1.807) is 0 Å². The van der Waals surface area contributed by atoms with E-state index in [1.165, 1.54) is 0 Å². The summed E-state index contributed by atoms with van der Waals surface area (Å²) >= 11 is 0. The molecule has 0 saturated heterocycles. The molecule has 1 aliphatic carbocycles. The molecule has 0 fully saturated rings. The molecule has 0 unspecified atom stereocenters. The second-order valence-corrected chi connectivity index (χ2v) is 10.2. The van der Waals surface area contributed by atoms with Crippen molar-refractivity contribution in [1.82, 2.24) is 4.57 Å². The zero-order valence-electron chi connectivity index (χ0n) is 19.2. The van der Waals surface area contributed by atoms with E-state index in [0.717, 1.165) is 22.2 Å². The fourth-order valence-electron chi connectivity index (χ4n) is 4.29. The monoisotopic (exact) mass is 411 g/mol. The van der Waals surface area contributed by atoms with Gasteiger partial charge in [0.25, 0.3) is 0 Å². The summed E-state index contributed by atoms with van der Waals surface area (Å²) in [5, 5.41) is 1.13. The normalized spacial score (nSPS) is 18.6. The van der Waals surface area contributed by atoms with E-state index in [4.69, 9.17) is 9.47 Å². The summed E-state index contributed by atoms with van der Waals surface area (Å²) in [5.74, 6) is -1.24. The molecule has 1 aromatic carbocycles. The van der Waals surface area contributed by atoms with Gasteiger partial charge in [-0.2, -0.15) is 0 Å². The minimum absolute atomic E-state index is 0.167. The fourth-order valence-corrected chi connectivity index (χ4v) is 4.29. The lowest BCUT2D eigenvalue weighted by molar-refractivity contribution is -0.186. The number of rotatable bonds is 3. The van der Waals surface area contributed by atoms with Crippen LogP contribution < -0.4 is 0 Å². The summed E-state index contributed by atoms with van der Waals surface area (Å²) in [5.41, 5.74) is 0.298. The molecule has 0 bridgehead atoms. The fraction of sp³-hybridized carbons (Fsp3) is 0.520. The average Bonchev–Trinajstić information content (AvgIpc) is 2.91. The van der Waals surface area contributed by atoms with E-state index in [9.17, 15) is 9.59 Å². The zero-order chi connectivity index (χ0) is 22.5. The molecule has 0 spiro atoms. The van der Waals surface area contributed by atoms with Crippen molar-refractivity contribution in [3.63, 3.8) is 0 Å². The molecule has 0 amide bonds. The predicted molar refractivity (Wildman–Crippen MR) is 118 cm³/mol. The van der Waals surface area contributed by atoms with Gasteiger partial charge in [0.2, 0.25) is 0 Å². The molecule has 0 N–H and O–H groups in total. The van der Waals surface area contributed by atoms with E-state index >= 15 is 0 Å². The lowest BCUT2D eigenvalue weighted by Crippen LogP contribution is -2.50. The quantitative estimate of drug-likeness (QED) is 0.402. The summed E-state index contributed by atoms with van der Waals surface area (Å²) in [7, 11) is 1.97. The number of hydrogen-bond acceptors (Lipinski definition) is 4. The third kappa shape index (κ3) is 3.90. The van der Waals surface area contributed by atoms with Crippen LogP contribution in [0.2, 0.25) is 0 Å². The van der Waals surface area contributed by atoms with Crippen LogP contribution in [0.3, 0.4) is 0 Å². The van der Waals surface area contributed by atoms with Crippen LogP contribution in [0, 0.1) is 5.41 Å². The standard InChI is InChI=1S/C25H33NO4/c1-9-16-14-25(21(27)29-23(2,3)4,22(28)30-24(5,6)7)15-19-20(16)17-12-10-11-13-18(17)26(19)8/h9-13,16H,1,14-15H2,2-8H3/t16-/m1/s1. The third-order valence-corrected chi connectivity index (χ3v) is 5.54. The maximum Gasteiger partial charge on any atom is 0.324 e. The molecule has 0 radical (unpaired) electrons. The van der Waals surface area contributed by atoms with E-state index in [-0.39, 0.29) is 18.8 Å². The highest BCUT2D eigenvalue weighted by Crippen LogP contribution is 2.48. The molecular weight excluding hydrogens is 378 g/mol. The first-order valence-electron chi connectivity index (χ1n) is 10.4. The van der Waals surface area contributed by atoms with Crippen LogP contribution in [-0.2, 0) is 32.5 Å². The summed E-state index contributed by atoms with van der Waals surface area (Å²) in [6.45, 7) is 14.9. The summed E-state index contributed by atoms with van der Waals surface area (Å²) in [6.07, 6.45) is 2.34. The summed E-state index contributed by atoms with van der Waals surface area (Å²) in [6, 6.07) is 8.13. The first-order valence-corrected chi connectivity index (χ1v) is 10.4. The average molecular weight is 412 g/mol. The predicted octanol–water partition coefficient (Wildman–Crippen LogP) is 5.06. The number of fused-ring (bicyclic) bond motifs is 3. The lowest BCUT2D eigenvalue weighted by Gasteiger charge is -2.39. The molecule has 1 aliphatic rings. The van der Waals surface area contributed by atoms with Crippen molar-refractivity contribution in [2.45, 2.75) is 71.5 Å². The molecule has 5 heteroatoms. The molecule has 5 nitrogen and oxygen atoms in total. The van der Waals surface area contributed by atoms with Gasteiger partial charge in [0.15, 0.2) is 5.41 Å². The molecule has 0 aliphatic heterocycles. The Morgan fingerprint density at radius 3 is 2.10 bits per heavy atom. The van der Waals surface area contributed by atoms with Crippen molar-refractivity contribution < 1.29 is 19.1 Å².